The third-order valence-electron chi connectivity index (χ3n) is 3.86. The molecule has 1 aromatic rings. The predicted octanol–water partition coefficient (Wildman–Crippen LogP) is 1.74. The van der Waals surface area contributed by atoms with E-state index >= 15 is 0 Å². The first kappa shape index (κ1) is 12.9. The Balaban J connectivity index is 2.17. The number of likely N-dealkylation sites (tertiary alicyclic amines) is 1. The van der Waals surface area contributed by atoms with Gasteiger partial charge in [-0.15, -0.1) is 0 Å². The van der Waals surface area contributed by atoms with Crippen molar-refractivity contribution in [2.24, 2.45) is 5.73 Å². The molecule has 1 amide bonds. The Hall–Kier alpha value is -1.55. The fourth-order valence-corrected chi connectivity index (χ4v) is 2.55. The molecule has 0 aromatic heterocycles. The first-order valence-corrected chi connectivity index (χ1v) is 6.33. The number of carbonyl (C=O) groups excluding carboxylic acids is 1. The fourth-order valence-electron chi connectivity index (χ4n) is 2.55. The Morgan fingerprint density at radius 3 is 2.67 bits per heavy atom. The molecule has 0 spiro atoms. The molecule has 0 radical (unpaired) electrons. The van der Waals surface area contributed by atoms with Crippen LogP contribution in [0.25, 0.3) is 0 Å². The quantitative estimate of drug-likeness (QED) is 0.799. The second-order valence-electron chi connectivity index (χ2n) is 5.62. The number of carbonyl (C=O) groups is 1. The van der Waals surface area contributed by atoms with Crippen LogP contribution in [-0.2, 0) is 6.54 Å². The van der Waals surface area contributed by atoms with E-state index in [-0.39, 0.29) is 5.54 Å². The number of hydrogen-bond donors (Lipinski definition) is 2. The zero-order valence-corrected chi connectivity index (χ0v) is 11.1. The number of nitrogens with two attached hydrogens (primary N) is 2. The third kappa shape index (κ3) is 2.48. The highest BCUT2D eigenvalue weighted by atomic mass is 16.1. The van der Waals surface area contributed by atoms with Crippen molar-refractivity contribution in [3.05, 3.63) is 29.3 Å². The molecule has 0 saturated carbocycles. The SMILES string of the molecule is CC1(C)CCCN1Cc1ccc(C(N)=O)cc1N. The number of hydrogen-bond acceptors (Lipinski definition) is 3. The minimum absolute atomic E-state index is 0.231. The van der Waals surface area contributed by atoms with Crippen LogP contribution in [-0.4, -0.2) is 22.9 Å². The standard InChI is InChI=1S/C14H21N3O/c1-14(2)6-3-7-17(14)9-11-5-4-10(13(16)18)8-12(11)15/h4-5,8H,3,6-7,9,15H2,1-2H3,(H2,16,18). The Labute approximate surface area is 108 Å². The van der Waals surface area contributed by atoms with E-state index in [0.717, 1.165) is 18.7 Å². The molecule has 0 bridgehead atoms. The van der Waals surface area contributed by atoms with E-state index in [1.807, 2.05) is 6.07 Å². The molecule has 0 unspecified atom stereocenters. The van der Waals surface area contributed by atoms with E-state index in [2.05, 4.69) is 18.7 Å². The topological polar surface area (TPSA) is 72.3 Å². The van der Waals surface area contributed by atoms with E-state index in [1.54, 1.807) is 12.1 Å². The molecule has 98 valence electrons. The summed E-state index contributed by atoms with van der Waals surface area (Å²) < 4.78 is 0. The van der Waals surface area contributed by atoms with Crippen LogP contribution < -0.4 is 11.5 Å². The summed E-state index contributed by atoms with van der Waals surface area (Å²) in [7, 11) is 0. The van der Waals surface area contributed by atoms with Crippen molar-refractivity contribution in [2.45, 2.75) is 38.8 Å². The summed E-state index contributed by atoms with van der Waals surface area (Å²) in [6.07, 6.45) is 2.44. The van der Waals surface area contributed by atoms with Crippen LogP contribution in [0.4, 0.5) is 5.69 Å². The van der Waals surface area contributed by atoms with Crippen molar-refractivity contribution in [2.75, 3.05) is 12.3 Å². The van der Waals surface area contributed by atoms with Crippen LogP contribution in [0.5, 0.6) is 0 Å². The number of nitrogens with zero attached hydrogens (tertiary/aromatic N) is 1. The van der Waals surface area contributed by atoms with Gasteiger partial charge in [0, 0.05) is 23.3 Å². The van der Waals surface area contributed by atoms with Crippen molar-refractivity contribution < 1.29 is 4.79 Å². The van der Waals surface area contributed by atoms with Gasteiger partial charge in [0.25, 0.3) is 0 Å². The number of rotatable bonds is 3. The molecule has 18 heavy (non-hydrogen) atoms. The van der Waals surface area contributed by atoms with Gasteiger partial charge in [0.2, 0.25) is 5.91 Å². The summed E-state index contributed by atoms with van der Waals surface area (Å²) in [5.74, 6) is -0.435. The summed E-state index contributed by atoms with van der Waals surface area (Å²) in [5, 5.41) is 0. The Bertz CT molecular complexity index is 468. The molecule has 0 atom stereocenters. The lowest BCUT2D eigenvalue weighted by molar-refractivity contribution is 0.1000. The van der Waals surface area contributed by atoms with Crippen molar-refractivity contribution in [1.82, 2.24) is 4.90 Å². The first-order valence-electron chi connectivity index (χ1n) is 6.33. The van der Waals surface area contributed by atoms with Gasteiger partial charge in [-0.2, -0.15) is 0 Å². The van der Waals surface area contributed by atoms with Gasteiger partial charge in [0.15, 0.2) is 0 Å². The summed E-state index contributed by atoms with van der Waals surface area (Å²) in [6.45, 7) is 6.45. The molecule has 4 N–H and O–H groups in total. The highest BCUT2D eigenvalue weighted by Crippen LogP contribution is 2.30. The summed E-state index contributed by atoms with van der Waals surface area (Å²) in [5.41, 5.74) is 13.6. The van der Waals surface area contributed by atoms with Crippen molar-refractivity contribution in [3.63, 3.8) is 0 Å². The number of nitrogen functional groups attached to an aromatic ring is 1. The molecule has 1 aliphatic rings. The zero-order valence-electron chi connectivity index (χ0n) is 11.1. The molecule has 1 heterocycles. The van der Waals surface area contributed by atoms with Crippen molar-refractivity contribution in [3.8, 4) is 0 Å². The Morgan fingerprint density at radius 1 is 1.44 bits per heavy atom. The molecule has 4 heteroatoms. The van der Waals surface area contributed by atoms with E-state index in [9.17, 15) is 4.79 Å². The monoisotopic (exact) mass is 247 g/mol. The highest BCUT2D eigenvalue weighted by molar-refractivity contribution is 5.93. The lowest BCUT2D eigenvalue weighted by Gasteiger charge is -2.31. The van der Waals surface area contributed by atoms with E-state index < -0.39 is 5.91 Å². The maximum absolute atomic E-state index is 11.1. The van der Waals surface area contributed by atoms with Gasteiger partial charge < -0.3 is 11.5 Å². The van der Waals surface area contributed by atoms with Crippen molar-refractivity contribution in [1.29, 1.82) is 0 Å². The molecule has 1 aliphatic heterocycles. The fraction of sp³-hybridized carbons (Fsp3) is 0.500. The Morgan fingerprint density at radius 2 is 2.17 bits per heavy atom. The summed E-state index contributed by atoms with van der Waals surface area (Å²) >= 11 is 0. The lowest BCUT2D eigenvalue weighted by atomic mass is 10.0. The van der Waals surface area contributed by atoms with Gasteiger partial charge in [-0.3, -0.25) is 9.69 Å². The number of anilines is 1. The zero-order chi connectivity index (χ0) is 13.3. The lowest BCUT2D eigenvalue weighted by Crippen LogP contribution is -2.37. The van der Waals surface area contributed by atoms with Crippen LogP contribution >= 0.6 is 0 Å². The number of primary amides is 1. The van der Waals surface area contributed by atoms with Gasteiger partial charge in [-0.05, 0) is 50.9 Å². The molecule has 4 nitrogen and oxygen atoms in total. The number of amides is 1. The molecular weight excluding hydrogens is 226 g/mol. The molecule has 0 aliphatic carbocycles. The van der Waals surface area contributed by atoms with Gasteiger partial charge in [0.1, 0.15) is 0 Å². The Kier molecular flexibility index (Phi) is 3.30. The van der Waals surface area contributed by atoms with Crippen LogP contribution in [0.15, 0.2) is 18.2 Å². The van der Waals surface area contributed by atoms with Crippen LogP contribution in [0, 0.1) is 0 Å². The van der Waals surface area contributed by atoms with Crippen LogP contribution in [0.1, 0.15) is 42.6 Å². The minimum Gasteiger partial charge on any atom is -0.398 e. The summed E-state index contributed by atoms with van der Waals surface area (Å²) in [6, 6.07) is 5.32. The second-order valence-corrected chi connectivity index (χ2v) is 5.62. The van der Waals surface area contributed by atoms with E-state index in [1.165, 1.54) is 12.8 Å². The highest BCUT2D eigenvalue weighted by Gasteiger charge is 2.31. The summed E-state index contributed by atoms with van der Waals surface area (Å²) in [4.78, 5) is 13.5. The third-order valence-corrected chi connectivity index (χ3v) is 3.86. The van der Waals surface area contributed by atoms with Crippen LogP contribution in [0.2, 0.25) is 0 Å². The molecule has 1 fully saturated rings. The number of benzene rings is 1. The van der Waals surface area contributed by atoms with E-state index in [4.69, 9.17) is 11.5 Å². The van der Waals surface area contributed by atoms with Gasteiger partial charge >= 0.3 is 0 Å². The molecule has 2 rings (SSSR count). The average molecular weight is 247 g/mol. The average Bonchev–Trinajstić information content (AvgIpc) is 2.61. The van der Waals surface area contributed by atoms with Gasteiger partial charge in [-0.1, -0.05) is 6.07 Å². The van der Waals surface area contributed by atoms with Crippen molar-refractivity contribution >= 4 is 11.6 Å². The minimum atomic E-state index is -0.435. The second kappa shape index (κ2) is 4.61. The largest absolute Gasteiger partial charge is 0.398 e. The van der Waals surface area contributed by atoms with Gasteiger partial charge in [0.05, 0.1) is 0 Å². The van der Waals surface area contributed by atoms with Crippen LogP contribution in [0.3, 0.4) is 0 Å². The van der Waals surface area contributed by atoms with E-state index in [0.29, 0.717) is 11.3 Å². The maximum Gasteiger partial charge on any atom is 0.248 e. The predicted molar refractivity (Wildman–Crippen MR) is 73.1 cm³/mol. The molecule has 1 saturated heterocycles. The first-order chi connectivity index (χ1) is 8.40. The van der Waals surface area contributed by atoms with Gasteiger partial charge in [-0.25, -0.2) is 0 Å². The normalized spacial score (nSPS) is 19.0. The molecule has 1 aromatic carbocycles. The maximum atomic E-state index is 11.1. The molecular formula is C14H21N3O. The smallest absolute Gasteiger partial charge is 0.248 e.